The Kier molecular flexibility index (Phi) is 7.69. The highest BCUT2D eigenvalue weighted by molar-refractivity contribution is 7.22. The van der Waals surface area contributed by atoms with Gasteiger partial charge in [-0.15, -0.1) is 0 Å². The van der Waals surface area contributed by atoms with Gasteiger partial charge in [-0.25, -0.2) is 4.98 Å². The molecule has 0 atom stereocenters. The van der Waals surface area contributed by atoms with Gasteiger partial charge >= 0.3 is 0 Å². The molecule has 0 spiro atoms. The molecule has 0 saturated carbocycles. The largest absolute Gasteiger partial charge is 0.484 e. The third-order valence-corrected chi connectivity index (χ3v) is 6.64. The van der Waals surface area contributed by atoms with Crippen LogP contribution in [0.5, 0.6) is 5.75 Å². The first-order valence-corrected chi connectivity index (χ1v) is 11.4. The average molecular weight is 446 g/mol. The molecule has 3 rings (SSSR count). The normalized spacial score (nSPS) is 11.3. The van der Waals surface area contributed by atoms with Gasteiger partial charge in [-0.05, 0) is 56.8 Å². The van der Waals surface area contributed by atoms with Crippen LogP contribution in [0.4, 0.5) is 5.13 Å². The molecular weight excluding hydrogens is 418 g/mol. The number of fused-ring (bicyclic) bond motifs is 1. The molecule has 0 radical (unpaired) electrons. The highest BCUT2D eigenvalue weighted by Crippen LogP contribution is 2.33. The monoisotopic (exact) mass is 445 g/mol. The Morgan fingerprint density at radius 1 is 1.07 bits per heavy atom. The third kappa shape index (κ3) is 5.31. The Labute approximate surface area is 187 Å². The molecule has 7 heteroatoms. The Morgan fingerprint density at radius 2 is 1.77 bits per heavy atom. The van der Waals surface area contributed by atoms with Gasteiger partial charge in [0.2, 0.25) is 0 Å². The average Bonchev–Trinajstić information content (AvgIpc) is 3.18. The molecule has 0 unspecified atom stereocenters. The highest BCUT2D eigenvalue weighted by atomic mass is 35.5. The zero-order chi connectivity index (χ0) is 21.7. The number of rotatable bonds is 9. The van der Waals surface area contributed by atoms with Crippen molar-refractivity contribution in [1.29, 1.82) is 0 Å². The van der Waals surface area contributed by atoms with E-state index in [1.807, 2.05) is 50.2 Å². The van der Waals surface area contributed by atoms with Crippen molar-refractivity contribution in [2.24, 2.45) is 0 Å². The summed E-state index contributed by atoms with van der Waals surface area (Å²) in [6, 6.07) is 11.5. The van der Waals surface area contributed by atoms with Crippen LogP contribution < -0.4 is 9.64 Å². The van der Waals surface area contributed by atoms with Crippen LogP contribution >= 0.6 is 22.9 Å². The predicted octanol–water partition coefficient (Wildman–Crippen LogP) is 5.32. The number of carbonyl (C=O) groups excluding carboxylic acids is 1. The van der Waals surface area contributed by atoms with Gasteiger partial charge in [0.1, 0.15) is 5.75 Å². The Bertz CT molecular complexity index is 1000. The minimum atomic E-state index is -0.106. The number of thiazole rings is 1. The quantitative estimate of drug-likeness (QED) is 0.447. The minimum Gasteiger partial charge on any atom is -0.484 e. The van der Waals surface area contributed by atoms with E-state index in [2.05, 4.69) is 18.7 Å². The molecule has 0 aliphatic rings. The van der Waals surface area contributed by atoms with Crippen LogP contribution in [0.1, 0.15) is 25.0 Å². The number of nitrogens with zero attached hydrogens (tertiary/aromatic N) is 3. The molecule has 0 N–H and O–H groups in total. The molecule has 2 aromatic carbocycles. The van der Waals surface area contributed by atoms with Crippen molar-refractivity contribution in [2.75, 3.05) is 37.7 Å². The van der Waals surface area contributed by atoms with Crippen molar-refractivity contribution in [3.8, 4) is 5.75 Å². The lowest BCUT2D eigenvalue weighted by molar-refractivity contribution is -0.120. The van der Waals surface area contributed by atoms with Crippen LogP contribution in [0, 0.1) is 13.8 Å². The molecule has 0 saturated heterocycles. The van der Waals surface area contributed by atoms with Crippen LogP contribution in [0.2, 0.25) is 5.02 Å². The minimum absolute atomic E-state index is 0.0308. The Balaban J connectivity index is 1.83. The zero-order valence-corrected chi connectivity index (χ0v) is 19.5. The maximum absolute atomic E-state index is 13.1. The summed E-state index contributed by atoms with van der Waals surface area (Å²) in [6.45, 7) is 11.4. The van der Waals surface area contributed by atoms with E-state index in [9.17, 15) is 4.79 Å². The van der Waals surface area contributed by atoms with Gasteiger partial charge in [-0.3, -0.25) is 9.69 Å². The summed E-state index contributed by atoms with van der Waals surface area (Å²) in [4.78, 5) is 21.9. The van der Waals surface area contributed by atoms with E-state index in [1.54, 1.807) is 4.90 Å². The molecular formula is C23H28ClN3O2S. The lowest BCUT2D eigenvalue weighted by atomic mass is 10.2. The number of carbonyl (C=O) groups is 1. The van der Waals surface area contributed by atoms with E-state index in [0.717, 1.165) is 41.0 Å². The predicted molar refractivity (Wildman–Crippen MR) is 126 cm³/mol. The molecule has 1 amide bonds. The molecule has 1 aromatic heterocycles. The van der Waals surface area contributed by atoms with Crippen molar-refractivity contribution in [1.82, 2.24) is 9.88 Å². The van der Waals surface area contributed by atoms with E-state index < -0.39 is 0 Å². The number of likely N-dealkylation sites (N-methyl/N-ethyl adjacent to an activating group) is 1. The second-order valence-electron chi connectivity index (χ2n) is 7.19. The fourth-order valence-corrected chi connectivity index (χ4v) is 4.39. The summed E-state index contributed by atoms with van der Waals surface area (Å²) in [5.74, 6) is 0.579. The van der Waals surface area contributed by atoms with Crippen LogP contribution in [-0.2, 0) is 4.79 Å². The van der Waals surface area contributed by atoms with Gasteiger partial charge in [0.15, 0.2) is 11.7 Å². The number of hydrogen-bond donors (Lipinski definition) is 0. The lowest BCUT2D eigenvalue weighted by Gasteiger charge is -2.24. The maximum Gasteiger partial charge on any atom is 0.266 e. The zero-order valence-electron chi connectivity index (χ0n) is 17.9. The molecule has 160 valence electrons. The van der Waals surface area contributed by atoms with E-state index in [0.29, 0.717) is 22.4 Å². The maximum atomic E-state index is 13.1. The highest BCUT2D eigenvalue weighted by Gasteiger charge is 2.22. The SMILES string of the molecule is CCN(CC)CCN(C(=O)COc1ccc(C)cc1)c1nc2c(C)c(Cl)ccc2s1. The van der Waals surface area contributed by atoms with Gasteiger partial charge in [-0.2, -0.15) is 0 Å². The number of aryl methyl sites for hydroxylation is 2. The fourth-order valence-electron chi connectivity index (χ4n) is 3.17. The van der Waals surface area contributed by atoms with E-state index in [1.165, 1.54) is 11.3 Å². The molecule has 3 aromatic rings. The smallest absolute Gasteiger partial charge is 0.266 e. The summed E-state index contributed by atoms with van der Waals surface area (Å²) in [5, 5.41) is 1.36. The van der Waals surface area contributed by atoms with Crippen LogP contribution in [-0.4, -0.2) is 48.6 Å². The van der Waals surface area contributed by atoms with Crippen molar-refractivity contribution < 1.29 is 9.53 Å². The third-order valence-electron chi connectivity index (χ3n) is 5.19. The molecule has 1 heterocycles. The molecule has 5 nitrogen and oxygen atoms in total. The molecule has 0 aliphatic heterocycles. The first-order chi connectivity index (χ1) is 14.4. The Morgan fingerprint density at radius 3 is 2.43 bits per heavy atom. The van der Waals surface area contributed by atoms with Gasteiger partial charge in [-0.1, -0.05) is 54.5 Å². The van der Waals surface area contributed by atoms with Crippen LogP contribution in [0.25, 0.3) is 10.2 Å². The molecule has 0 bridgehead atoms. The summed E-state index contributed by atoms with van der Waals surface area (Å²) >= 11 is 7.77. The fraction of sp³-hybridized carbons (Fsp3) is 0.391. The summed E-state index contributed by atoms with van der Waals surface area (Å²) in [6.07, 6.45) is 0. The van der Waals surface area contributed by atoms with Gasteiger partial charge in [0, 0.05) is 18.1 Å². The second kappa shape index (κ2) is 10.2. The van der Waals surface area contributed by atoms with E-state index in [4.69, 9.17) is 21.3 Å². The first kappa shape index (κ1) is 22.5. The summed E-state index contributed by atoms with van der Waals surface area (Å²) in [7, 11) is 0. The van der Waals surface area contributed by atoms with E-state index in [-0.39, 0.29) is 12.5 Å². The van der Waals surface area contributed by atoms with Crippen molar-refractivity contribution >= 4 is 44.2 Å². The molecule has 0 fully saturated rings. The molecule has 0 aliphatic carbocycles. The number of amides is 1. The Hall–Kier alpha value is -2.15. The lowest BCUT2D eigenvalue weighted by Crippen LogP contribution is -2.41. The number of benzene rings is 2. The summed E-state index contributed by atoms with van der Waals surface area (Å²) in [5.41, 5.74) is 2.93. The van der Waals surface area contributed by atoms with Crippen molar-refractivity contribution in [2.45, 2.75) is 27.7 Å². The van der Waals surface area contributed by atoms with Crippen molar-refractivity contribution in [3.05, 3.63) is 52.5 Å². The number of ether oxygens (including phenoxy) is 1. The second-order valence-corrected chi connectivity index (χ2v) is 8.61. The number of hydrogen-bond acceptors (Lipinski definition) is 5. The van der Waals surface area contributed by atoms with Gasteiger partial charge < -0.3 is 9.64 Å². The number of aromatic nitrogens is 1. The van der Waals surface area contributed by atoms with Crippen LogP contribution in [0.15, 0.2) is 36.4 Å². The number of halogens is 1. The van der Waals surface area contributed by atoms with Gasteiger partial charge in [0.05, 0.1) is 10.2 Å². The topological polar surface area (TPSA) is 45.7 Å². The van der Waals surface area contributed by atoms with E-state index >= 15 is 0 Å². The van der Waals surface area contributed by atoms with Gasteiger partial charge in [0.25, 0.3) is 5.91 Å². The summed E-state index contributed by atoms with van der Waals surface area (Å²) < 4.78 is 6.77. The number of anilines is 1. The first-order valence-electron chi connectivity index (χ1n) is 10.2. The van der Waals surface area contributed by atoms with Crippen LogP contribution in [0.3, 0.4) is 0 Å². The standard InChI is InChI=1S/C23H28ClN3O2S/c1-5-26(6-2)13-14-27(21(28)15-29-18-9-7-16(3)8-10-18)23-25-22-17(4)19(24)11-12-20(22)30-23/h7-12H,5-6,13-15H2,1-4H3. The molecule has 30 heavy (non-hydrogen) atoms. The van der Waals surface area contributed by atoms with Crippen molar-refractivity contribution in [3.63, 3.8) is 0 Å².